The van der Waals surface area contributed by atoms with Gasteiger partial charge in [-0.3, -0.25) is 0 Å². The van der Waals surface area contributed by atoms with Crippen molar-refractivity contribution in [2.75, 3.05) is 9.80 Å². The van der Waals surface area contributed by atoms with E-state index in [1.807, 2.05) is 129 Å². The average Bonchev–Trinajstić information content (AvgIpc) is 2.37. The van der Waals surface area contributed by atoms with Crippen molar-refractivity contribution in [3.8, 4) is 73.0 Å². The maximum Gasteiger partial charge on any atom is 0.136 e. The second-order valence-electron chi connectivity index (χ2n) is 23.3. The number of fused-ring (bicyclic) bond motifs is 4. The topological polar surface area (TPSA) is 33.5 Å². The van der Waals surface area contributed by atoms with Crippen LogP contribution in [0.1, 0.15) is 52.7 Å². The summed E-state index contributed by atoms with van der Waals surface area (Å²) in [6.07, 6.45) is 1.83. The van der Waals surface area contributed by atoms with Gasteiger partial charge in [-0.2, -0.15) is 6.07 Å². The molecule has 13 rings (SSSR count). The van der Waals surface area contributed by atoms with E-state index in [2.05, 4.69) is 92.1 Å². The molecule has 0 N–H and O–H groups in total. The Bertz CT molecular complexity index is 4430. The zero-order valence-electron chi connectivity index (χ0n) is 47.5. The van der Waals surface area contributed by atoms with Crippen molar-refractivity contribution in [3.63, 3.8) is 0 Å². The molecule has 0 unspecified atom stereocenters. The third-order valence-electron chi connectivity index (χ3n) is 15.6. The number of nitrogens with zero attached hydrogens (tertiary/aromatic N) is 4. The number of aromatic nitrogens is 2. The van der Waals surface area contributed by atoms with Crippen molar-refractivity contribution >= 4 is 44.6 Å². The van der Waals surface area contributed by atoms with Crippen molar-refractivity contribution in [2.45, 2.75) is 52.4 Å². The zero-order valence-corrected chi connectivity index (χ0v) is 49.8. The van der Waals surface area contributed by atoms with Gasteiger partial charge >= 0.3 is 0 Å². The number of halogens is 6. The number of pyridine rings is 1. The van der Waals surface area contributed by atoms with Gasteiger partial charge in [-0.05, 0) is 97.6 Å². The summed E-state index contributed by atoms with van der Waals surface area (Å²) in [6, 6.07) is 66.1. The first-order valence-electron chi connectivity index (χ1n) is 27.8. The molecule has 12 aromatic rings. The predicted molar refractivity (Wildman–Crippen MR) is 329 cm³/mol. The first-order valence-corrected chi connectivity index (χ1v) is 27.8. The van der Waals surface area contributed by atoms with E-state index < -0.39 is 51.4 Å². The van der Waals surface area contributed by atoms with Crippen LogP contribution in [-0.4, -0.2) is 9.55 Å². The molecule has 0 radical (unpaired) electrons. The third-order valence-corrected chi connectivity index (χ3v) is 15.6. The Morgan fingerprint density at radius 2 is 0.977 bits per heavy atom. The molecule has 10 aromatic carbocycles. The summed E-state index contributed by atoms with van der Waals surface area (Å²) in [4.78, 5) is 8.29. The first kappa shape index (κ1) is 57.3. The quantitative estimate of drug-likeness (QED) is 0.101. The molecule has 430 valence electrons. The van der Waals surface area contributed by atoms with Crippen LogP contribution in [0.3, 0.4) is 0 Å². The SMILES string of the molecule is CC(C)(C)c1ccnc(-n2c3[c-]c(Oc4[c-]c(N5[CH-]N(c6c(-c7c(F)cc(F)cc7F)cc(C(C)(C)C)cc6-c6c(F)cc(F)cc6F)c6ccccc65)cc(-c5c(-c6ccccc6)cccc5-c5ccccc5)c4)ccc3c3ccccc32)c1.[Pt]. The van der Waals surface area contributed by atoms with E-state index in [-0.39, 0.29) is 49.0 Å². The van der Waals surface area contributed by atoms with Crippen LogP contribution < -0.4 is 14.5 Å². The maximum absolute atomic E-state index is 16.6. The van der Waals surface area contributed by atoms with E-state index in [9.17, 15) is 8.78 Å². The van der Waals surface area contributed by atoms with Crippen molar-refractivity contribution in [1.29, 1.82) is 0 Å². The van der Waals surface area contributed by atoms with Crippen LogP contribution in [0, 0.1) is 53.7 Å². The minimum Gasteiger partial charge on any atom is -0.509 e. The minimum atomic E-state index is -1.25. The van der Waals surface area contributed by atoms with E-state index >= 15 is 17.6 Å². The Labute approximate surface area is 509 Å². The number of para-hydroxylation sites is 3. The molecule has 1 aliphatic heterocycles. The Hall–Kier alpha value is -9.18. The van der Waals surface area contributed by atoms with Gasteiger partial charge in [0.2, 0.25) is 0 Å². The molecule has 0 bridgehead atoms. The average molecular weight is 1320 g/mol. The molecule has 86 heavy (non-hydrogen) atoms. The summed E-state index contributed by atoms with van der Waals surface area (Å²) in [5, 5.41) is 1.94. The van der Waals surface area contributed by atoms with Crippen molar-refractivity contribution in [1.82, 2.24) is 9.55 Å². The van der Waals surface area contributed by atoms with Crippen molar-refractivity contribution in [3.05, 3.63) is 271 Å². The molecule has 0 atom stereocenters. The van der Waals surface area contributed by atoms with Gasteiger partial charge in [0.15, 0.2) is 0 Å². The smallest absolute Gasteiger partial charge is 0.136 e. The summed E-state index contributed by atoms with van der Waals surface area (Å²) in [6.45, 7) is 13.7. The predicted octanol–water partition coefficient (Wildman–Crippen LogP) is 20.7. The first-order chi connectivity index (χ1) is 40.9. The standard InChI is InChI=1S/C74H53F6N4O.Pt/c1-73(2,3)47-30-31-81-68(36-47)84-64-25-14-13-22-56(64)57-29-28-52(42-67(57)84)85-53-33-46(69-54(44-18-9-7-10-19-44)23-17-24-55(69)45-20-11-8-12-21-45)32-51(41-53)82-43-83(66-27-16-15-26-65(66)82)72-58(70-60(77)37-49(75)38-61(70)78)34-48(74(4,5)6)35-59(72)71-62(79)39-50(76)40-63(71)80;/h7-40,43H,1-6H3;/q-3;. The number of rotatable bonds is 10. The molecule has 5 nitrogen and oxygen atoms in total. The van der Waals surface area contributed by atoms with Crippen LogP contribution in [0.5, 0.6) is 11.5 Å². The normalized spacial score (nSPS) is 12.5. The van der Waals surface area contributed by atoms with Crippen LogP contribution in [0.15, 0.2) is 206 Å². The number of hydrogen-bond acceptors (Lipinski definition) is 4. The fraction of sp³-hybridized carbons (Fsp3) is 0.108. The minimum absolute atomic E-state index is 0. The molecular weight excluding hydrogens is 1270 g/mol. The third kappa shape index (κ3) is 10.4. The largest absolute Gasteiger partial charge is 0.509 e. The van der Waals surface area contributed by atoms with Crippen LogP contribution in [0.2, 0.25) is 0 Å². The number of hydrogen-bond donors (Lipinski definition) is 0. The van der Waals surface area contributed by atoms with Crippen LogP contribution in [0.4, 0.5) is 49.1 Å². The van der Waals surface area contributed by atoms with Crippen molar-refractivity contribution < 1.29 is 52.1 Å². The summed E-state index contributed by atoms with van der Waals surface area (Å²) in [5.41, 5.74) is 7.29. The second kappa shape index (κ2) is 22.3. The summed E-state index contributed by atoms with van der Waals surface area (Å²) < 4.78 is 105. The molecule has 12 heteroatoms. The summed E-state index contributed by atoms with van der Waals surface area (Å²) in [5.74, 6) is -5.95. The van der Waals surface area contributed by atoms with Gasteiger partial charge in [0.05, 0.1) is 11.1 Å². The van der Waals surface area contributed by atoms with Crippen LogP contribution in [-0.2, 0) is 31.9 Å². The van der Waals surface area contributed by atoms with E-state index in [0.29, 0.717) is 58.2 Å². The van der Waals surface area contributed by atoms with E-state index in [1.165, 1.54) is 0 Å². The molecular formula is C74H53F6N4OPt-3. The molecule has 0 fully saturated rings. The van der Waals surface area contributed by atoms with Crippen molar-refractivity contribution in [2.24, 2.45) is 0 Å². The molecule has 0 aliphatic carbocycles. The van der Waals surface area contributed by atoms with E-state index in [4.69, 9.17) is 9.72 Å². The Kier molecular flexibility index (Phi) is 14.9. The number of ether oxygens (including phenoxy) is 1. The summed E-state index contributed by atoms with van der Waals surface area (Å²) >= 11 is 0. The van der Waals surface area contributed by atoms with Gasteiger partial charge in [-0.25, -0.2) is 31.3 Å². The summed E-state index contributed by atoms with van der Waals surface area (Å²) in [7, 11) is 0. The molecule has 0 saturated carbocycles. The Morgan fingerprint density at radius 1 is 0.442 bits per heavy atom. The molecule has 1 aliphatic rings. The monoisotopic (exact) mass is 1320 g/mol. The molecule has 0 spiro atoms. The Morgan fingerprint density at radius 3 is 1.55 bits per heavy atom. The zero-order chi connectivity index (χ0) is 59.1. The van der Waals surface area contributed by atoms with Gasteiger partial charge in [-0.1, -0.05) is 156 Å². The van der Waals surface area contributed by atoms with Crippen LogP contribution >= 0.6 is 0 Å². The number of anilines is 4. The van der Waals surface area contributed by atoms with Gasteiger partial charge in [-0.15, -0.1) is 53.6 Å². The fourth-order valence-corrected chi connectivity index (χ4v) is 11.5. The van der Waals surface area contributed by atoms with Crippen LogP contribution in [0.25, 0.3) is 83.3 Å². The molecule has 2 aromatic heterocycles. The molecule has 0 saturated heterocycles. The molecule has 0 amide bonds. The van der Waals surface area contributed by atoms with Gasteiger partial charge < -0.3 is 19.1 Å². The van der Waals surface area contributed by atoms with E-state index in [0.717, 1.165) is 61.0 Å². The van der Waals surface area contributed by atoms with Gasteiger partial charge in [0.25, 0.3) is 0 Å². The fourth-order valence-electron chi connectivity index (χ4n) is 11.5. The maximum atomic E-state index is 16.6. The van der Waals surface area contributed by atoms with Gasteiger partial charge in [0, 0.05) is 96.7 Å². The van der Waals surface area contributed by atoms with Gasteiger partial charge in [0.1, 0.15) is 40.7 Å². The second-order valence-corrected chi connectivity index (χ2v) is 23.3. The number of benzene rings is 10. The van der Waals surface area contributed by atoms with E-state index in [1.54, 1.807) is 35.8 Å². The molecule has 3 heterocycles. The Balaban J connectivity index is 0.00000724.